The van der Waals surface area contributed by atoms with E-state index in [1.807, 2.05) is 0 Å². The number of urea groups is 1. The molecule has 1 aromatic carbocycles. The molecule has 144 valence electrons. The number of nitrogens with zero attached hydrogens (tertiary/aromatic N) is 2. The number of thiazole rings is 1. The highest BCUT2D eigenvalue weighted by molar-refractivity contribution is 7.15. The fourth-order valence-electron chi connectivity index (χ4n) is 2.98. The standard InChI is InChI=1S/C18H19F2N3O3S/c1-10-15(8-12-2-3-13(19)9-14(12)20)27-17(21-10)22-18(26)23-6-4-11(5-7-23)16(24)25/h2-3,9,11H,4-8H2,1H3,(H,24,25)(H,21,22,26). The van der Waals surface area contributed by atoms with Gasteiger partial charge in [0.2, 0.25) is 0 Å². The predicted octanol–water partition coefficient (Wildman–Crippen LogP) is 3.65. The van der Waals surface area contributed by atoms with Gasteiger partial charge >= 0.3 is 12.0 Å². The lowest BCUT2D eigenvalue weighted by Gasteiger charge is -2.29. The van der Waals surface area contributed by atoms with E-state index in [1.54, 1.807) is 11.8 Å². The van der Waals surface area contributed by atoms with Crippen LogP contribution in [0, 0.1) is 24.5 Å². The number of aromatic nitrogens is 1. The molecule has 1 aliphatic heterocycles. The number of aryl methyl sites for hydroxylation is 1. The van der Waals surface area contributed by atoms with Crippen molar-refractivity contribution >= 4 is 28.5 Å². The quantitative estimate of drug-likeness (QED) is 0.828. The van der Waals surface area contributed by atoms with Crippen LogP contribution in [-0.2, 0) is 11.2 Å². The summed E-state index contributed by atoms with van der Waals surface area (Å²) in [5.74, 6) is -2.48. The monoisotopic (exact) mass is 395 g/mol. The van der Waals surface area contributed by atoms with E-state index < -0.39 is 23.5 Å². The molecule has 1 aromatic heterocycles. The minimum atomic E-state index is -0.830. The Morgan fingerprint density at radius 3 is 2.67 bits per heavy atom. The van der Waals surface area contributed by atoms with Crippen molar-refractivity contribution in [3.63, 3.8) is 0 Å². The van der Waals surface area contributed by atoms with Crippen molar-refractivity contribution in [3.8, 4) is 0 Å². The van der Waals surface area contributed by atoms with E-state index in [-0.39, 0.29) is 12.5 Å². The van der Waals surface area contributed by atoms with E-state index in [1.165, 1.54) is 23.5 Å². The lowest BCUT2D eigenvalue weighted by Crippen LogP contribution is -2.42. The van der Waals surface area contributed by atoms with Crippen LogP contribution in [0.2, 0.25) is 0 Å². The van der Waals surface area contributed by atoms with Gasteiger partial charge in [-0.15, -0.1) is 11.3 Å². The molecule has 1 saturated heterocycles. The molecule has 0 atom stereocenters. The SMILES string of the molecule is Cc1nc(NC(=O)N2CCC(C(=O)O)CC2)sc1Cc1ccc(F)cc1F. The Kier molecular flexibility index (Phi) is 5.69. The number of carboxylic acids is 1. The second-order valence-corrected chi connectivity index (χ2v) is 7.55. The van der Waals surface area contributed by atoms with Gasteiger partial charge in [-0.05, 0) is 31.4 Å². The van der Waals surface area contributed by atoms with Crippen molar-refractivity contribution in [1.82, 2.24) is 9.88 Å². The highest BCUT2D eigenvalue weighted by Crippen LogP contribution is 2.27. The van der Waals surface area contributed by atoms with E-state index in [4.69, 9.17) is 5.11 Å². The van der Waals surface area contributed by atoms with E-state index in [2.05, 4.69) is 10.3 Å². The van der Waals surface area contributed by atoms with Gasteiger partial charge in [0.25, 0.3) is 0 Å². The summed E-state index contributed by atoms with van der Waals surface area (Å²) in [5, 5.41) is 12.1. The molecular formula is C18H19F2N3O3S. The van der Waals surface area contributed by atoms with Gasteiger partial charge < -0.3 is 10.0 Å². The van der Waals surface area contributed by atoms with Crippen LogP contribution in [-0.4, -0.2) is 40.1 Å². The molecule has 27 heavy (non-hydrogen) atoms. The van der Waals surface area contributed by atoms with Gasteiger partial charge in [-0.1, -0.05) is 6.07 Å². The molecule has 0 radical (unpaired) electrons. The van der Waals surface area contributed by atoms with Gasteiger partial charge in [0.1, 0.15) is 11.6 Å². The number of aliphatic carboxylic acids is 1. The van der Waals surface area contributed by atoms with Crippen molar-refractivity contribution in [2.24, 2.45) is 5.92 Å². The lowest BCUT2D eigenvalue weighted by molar-refractivity contribution is -0.143. The number of benzene rings is 1. The number of carbonyl (C=O) groups excluding carboxylic acids is 1. The van der Waals surface area contributed by atoms with Crippen LogP contribution in [0.25, 0.3) is 0 Å². The fraction of sp³-hybridized carbons (Fsp3) is 0.389. The summed E-state index contributed by atoms with van der Waals surface area (Å²) < 4.78 is 26.9. The summed E-state index contributed by atoms with van der Waals surface area (Å²) in [4.78, 5) is 30.0. The van der Waals surface area contributed by atoms with Crippen molar-refractivity contribution in [1.29, 1.82) is 0 Å². The smallest absolute Gasteiger partial charge is 0.323 e. The van der Waals surface area contributed by atoms with Crippen LogP contribution in [0.5, 0.6) is 0 Å². The van der Waals surface area contributed by atoms with E-state index >= 15 is 0 Å². The van der Waals surface area contributed by atoms with Crippen molar-refractivity contribution in [2.75, 3.05) is 18.4 Å². The van der Waals surface area contributed by atoms with Gasteiger partial charge in [-0.25, -0.2) is 18.6 Å². The van der Waals surface area contributed by atoms with Crippen LogP contribution in [0.4, 0.5) is 18.7 Å². The first-order valence-electron chi connectivity index (χ1n) is 8.52. The largest absolute Gasteiger partial charge is 0.481 e. The Labute approximate surface area is 158 Å². The van der Waals surface area contributed by atoms with Crippen LogP contribution >= 0.6 is 11.3 Å². The molecule has 0 bridgehead atoms. The second kappa shape index (κ2) is 7.99. The maximum atomic E-state index is 13.8. The zero-order valence-corrected chi connectivity index (χ0v) is 15.5. The average molecular weight is 395 g/mol. The van der Waals surface area contributed by atoms with Gasteiger partial charge in [0, 0.05) is 30.5 Å². The Hall–Kier alpha value is -2.55. The molecule has 2 aromatic rings. The molecule has 0 spiro atoms. The second-order valence-electron chi connectivity index (χ2n) is 6.47. The molecule has 2 amide bonds. The molecule has 1 fully saturated rings. The molecule has 9 heteroatoms. The highest BCUT2D eigenvalue weighted by Gasteiger charge is 2.27. The summed E-state index contributed by atoms with van der Waals surface area (Å²) in [6, 6.07) is 3.12. The molecule has 0 unspecified atom stereocenters. The van der Waals surface area contributed by atoms with Crippen LogP contribution in [0.1, 0.15) is 29.0 Å². The third kappa shape index (κ3) is 4.60. The van der Waals surface area contributed by atoms with Gasteiger partial charge in [-0.2, -0.15) is 0 Å². The van der Waals surface area contributed by atoms with Gasteiger partial charge in [0.15, 0.2) is 5.13 Å². The molecule has 1 aliphatic rings. The molecule has 3 rings (SSSR count). The zero-order chi connectivity index (χ0) is 19.6. The summed E-state index contributed by atoms with van der Waals surface area (Å²) in [6.45, 7) is 2.52. The normalized spacial score (nSPS) is 15.0. The number of likely N-dealkylation sites (tertiary alicyclic amines) is 1. The maximum absolute atomic E-state index is 13.8. The number of amides is 2. The minimum absolute atomic E-state index is 0.259. The molecule has 2 heterocycles. The van der Waals surface area contributed by atoms with E-state index in [0.717, 1.165) is 10.9 Å². The lowest BCUT2D eigenvalue weighted by atomic mass is 9.97. The maximum Gasteiger partial charge on any atom is 0.323 e. The van der Waals surface area contributed by atoms with Crippen molar-refractivity contribution < 1.29 is 23.5 Å². The average Bonchev–Trinajstić information content (AvgIpc) is 2.96. The zero-order valence-electron chi connectivity index (χ0n) is 14.7. The number of piperidine rings is 1. The van der Waals surface area contributed by atoms with Crippen LogP contribution in [0.3, 0.4) is 0 Å². The molecule has 2 N–H and O–H groups in total. The van der Waals surface area contributed by atoms with Crippen LogP contribution < -0.4 is 5.32 Å². The summed E-state index contributed by atoms with van der Waals surface area (Å²) in [6.07, 6.45) is 1.11. The van der Waals surface area contributed by atoms with Gasteiger partial charge in [0.05, 0.1) is 11.6 Å². The summed E-state index contributed by atoms with van der Waals surface area (Å²) in [7, 11) is 0. The van der Waals surface area contributed by atoms with Crippen molar-refractivity contribution in [2.45, 2.75) is 26.2 Å². The number of hydrogen-bond donors (Lipinski definition) is 2. The van der Waals surface area contributed by atoms with E-state index in [9.17, 15) is 18.4 Å². The Bertz CT molecular complexity index is 864. The number of rotatable bonds is 4. The fourth-order valence-corrected chi connectivity index (χ4v) is 3.96. The number of carbonyl (C=O) groups is 2. The molecular weight excluding hydrogens is 376 g/mol. The number of carboxylic acid groups (broad SMARTS) is 1. The first-order chi connectivity index (χ1) is 12.8. The first kappa shape index (κ1) is 19.2. The number of hydrogen-bond acceptors (Lipinski definition) is 4. The molecule has 0 saturated carbocycles. The molecule has 6 nitrogen and oxygen atoms in total. The third-order valence-corrected chi connectivity index (χ3v) is 5.68. The number of halogens is 2. The van der Waals surface area contributed by atoms with Gasteiger partial charge in [-0.3, -0.25) is 10.1 Å². The van der Waals surface area contributed by atoms with Crippen molar-refractivity contribution in [3.05, 3.63) is 46.0 Å². The number of nitrogens with one attached hydrogen (secondary N) is 1. The minimum Gasteiger partial charge on any atom is -0.481 e. The summed E-state index contributed by atoms with van der Waals surface area (Å²) >= 11 is 1.24. The first-order valence-corrected chi connectivity index (χ1v) is 9.34. The molecule has 0 aliphatic carbocycles. The Morgan fingerprint density at radius 2 is 2.04 bits per heavy atom. The predicted molar refractivity (Wildman–Crippen MR) is 97.0 cm³/mol. The Morgan fingerprint density at radius 1 is 1.33 bits per heavy atom. The summed E-state index contributed by atoms with van der Waals surface area (Å²) in [5.41, 5.74) is 1.03. The topological polar surface area (TPSA) is 82.5 Å². The van der Waals surface area contributed by atoms with E-state index in [0.29, 0.717) is 42.3 Å². The highest BCUT2D eigenvalue weighted by atomic mass is 32.1. The Balaban J connectivity index is 1.62. The third-order valence-electron chi connectivity index (χ3n) is 4.60. The number of anilines is 1. The van der Waals surface area contributed by atoms with Crippen LogP contribution in [0.15, 0.2) is 18.2 Å².